The van der Waals surface area contributed by atoms with Gasteiger partial charge in [-0.05, 0) is 12.1 Å². The molecule has 8 nitrogen and oxygen atoms in total. The summed E-state index contributed by atoms with van der Waals surface area (Å²) in [6, 6.07) is 9.93. The molecule has 0 aliphatic rings. The van der Waals surface area contributed by atoms with E-state index in [2.05, 4.69) is 15.3 Å². The molecule has 3 rings (SSSR count). The Morgan fingerprint density at radius 1 is 1.20 bits per heavy atom. The van der Waals surface area contributed by atoms with Crippen molar-refractivity contribution in [2.24, 2.45) is 7.05 Å². The summed E-state index contributed by atoms with van der Waals surface area (Å²) in [5.74, 6) is 1.51. The monoisotopic (exact) mass is 339 g/mol. The number of hydrogen-bond acceptors (Lipinski definition) is 6. The third kappa shape index (κ3) is 3.27. The van der Waals surface area contributed by atoms with E-state index < -0.39 is 11.0 Å². The number of benzene rings is 1. The molecule has 0 fully saturated rings. The van der Waals surface area contributed by atoms with E-state index in [1.807, 2.05) is 42.1 Å². The molecule has 0 amide bonds. The summed E-state index contributed by atoms with van der Waals surface area (Å²) in [4.78, 5) is 19.3. The Morgan fingerprint density at radius 2 is 2.00 bits per heavy atom. The van der Waals surface area contributed by atoms with Gasteiger partial charge >= 0.3 is 5.69 Å². The number of anilines is 1. The maximum absolute atomic E-state index is 11.3. The summed E-state index contributed by atoms with van der Waals surface area (Å²) in [6.07, 6.45) is 4.99. The Hall–Kier alpha value is -3.42. The third-order valence-electron chi connectivity index (χ3n) is 3.83. The number of nitro groups is 1. The second-order valence-corrected chi connectivity index (χ2v) is 5.34. The Balaban J connectivity index is 2.11. The number of methoxy groups -OCH3 is 1. The van der Waals surface area contributed by atoms with Gasteiger partial charge in [-0.2, -0.15) is 0 Å². The van der Waals surface area contributed by atoms with E-state index in [4.69, 9.17) is 4.74 Å². The molecule has 128 valence electrons. The van der Waals surface area contributed by atoms with Gasteiger partial charge in [0, 0.05) is 37.3 Å². The fourth-order valence-electron chi connectivity index (χ4n) is 2.63. The molecule has 0 radical (unpaired) electrons. The maximum Gasteiger partial charge on any atom is 0.311 e. The van der Waals surface area contributed by atoms with Crippen LogP contribution in [0.1, 0.15) is 17.4 Å². The summed E-state index contributed by atoms with van der Waals surface area (Å²) >= 11 is 0. The molecule has 3 aromatic rings. The van der Waals surface area contributed by atoms with Gasteiger partial charge in [-0.25, -0.2) is 9.97 Å². The number of pyridine rings is 1. The molecule has 1 aromatic carbocycles. The summed E-state index contributed by atoms with van der Waals surface area (Å²) in [7, 11) is 3.44. The van der Waals surface area contributed by atoms with E-state index in [9.17, 15) is 10.1 Å². The van der Waals surface area contributed by atoms with Crippen molar-refractivity contribution in [2.45, 2.75) is 6.04 Å². The van der Waals surface area contributed by atoms with Crippen LogP contribution in [0.2, 0.25) is 0 Å². The average molecular weight is 339 g/mol. The number of aryl methyl sites for hydroxylation is 1. The Labute approximate surface area is 144 Å². The molecule has 1 N–H and O–H groups in total. The molecule has 2 heterocycles. The van der Waals surface area contributed by atoms with Crippen LogP contribution >= 0.6 is 0 Å². The van der Waals surface area contributed by atoms with E-state index in [-0.39, 0.29) is 11.5 Å². The molecule has 0 spiro atoms. The quantitative estimate of drug-likeness (QED) is 0.548. The van der Waals surface area contributed by atoms with Crippen molar-refractivity contribution >= 4 is 11.5 Å². The normalized spacial score (nSPS) is 11.8. The molecule has 1 atom stereocenters. The van der Waals surface area contributed by atoms with Gasteiger partial charge in [0.15, 0.2) is 0 Å². The number of rotatable bonds is 6. The largest absolute Gasteiger partial charge is 0.496 e. The zero-order valence-electron chi connectivity index (χ0n) is 13.8. The molecule has 25 heavy (non-hydrogen) atoms. The molecular weight excluding hydrogens is 322 g/mol. The molecule has 0 saturated heterocycles. The second-order valence-electron chi connectivity index (χ2n) is 5.34. The number of ether oxygens (including phenoxy) is 1. The standard InChI is InChI=1S/C17H17N5O3/c1-21-11-10-19-17(21)15(12-6-3-4-8-14(12)25-2)20-16-13(22(23)24)7-5-9-18-16/h3-11,15H,1-2H3,(H,18,20). The number of para-hydroxylation sites is 1. The first-order valence-corrected chi connectivity index (χ1v) is 7.58. The first kappa shape index (κ1) is 16.4. The minimum Gasteiger partial charge on any atom is -0.496 e. The number of hydrogen-bond donors (Lipinski definition) is 1. The van der Waals surface area contributed by atoms with E-state index >= 15 is 0 Å². The predicted octanol–water partition coefficient (Wildman–Crippen LogP) is 2.93. The highest BCUT2D eigenvalue weighted by atomic mass is 16.6. The highest BCUT2D eigenvalue weighted by molar-refractivity contribution is 5.58. The van der Waals surface area contributed by atoms with Crippen LogP contribution in [0.5, 0.6) is 5.75 Å². The van der Waals surface area contributed by atoms with Crippen LogP contribution in [-0.4, -0.2) is 26.6 Å². The van der Waals surface area contributed by atoms with Crippen molar-refractivity contribution < 1.29 is 9.66 Å². The highest BCUT2D eigenvalue weighted by Crippen LogP contribution is 2.33. The van der Waals surface area contributed by atoms with E-state index in [1.54, 1.807) is 13.3 Å². The fourth-order valence-corrected chi connectivity index (χ4v) is 2.63. The summed E-state index contributed by atoms with van der Waals surface area (Å²) < 4.78 is 7.29. The number of nitrogens with one attached hydrogen (secondary N) is 1. The summed E-state index contributed by atoms with van der Waals surface area (Å²) in [5.41, 5.74) is 0.704. The first-order valence-electron chi connectivity index (χ1n) is 7.58. The van der Waals surface area contributed by atoms with E-state index in [0.29, 0.717) is 11.6 Å². The lowest BCUT2D eigenvalue weighted by molar-refractivity contribution is -0.384. The van der Waals surface area contributed by atoms with Gasteiger partial charge in [0.25, 0.3) is 0 Å². The predicted molar refractivity (Wildman–Crippen MR) is 92.6 cm³/mol. The lowest BCUT2D eigenvalue weighted by Gasteiger charge is -2.21. The number of nitrogens with zero attached hydrogens (tertiary/aromatic N) is 4. The smallest absolute Gasteiger partial charge is 0.311 e. The zero-order chi connectivity index (χ0) is 17.8. The van der Waals surface area contributed by atoms with Crippen LogP contribution in [0, 0.1) is 10.1 Å². The molecule has 1 unspecified atom stereocenters. The van der Waals surface area contributed by atoms with Gasteiger partial charge in [0.1, 0.15) is 17.6 Å². The van der Waals surface area contributed by atoms with Gasteiger partial charge in [-0.15, -0.1) is 0 Å². The Morgan fingerprint density at radius 3 is 2.68 bits per heavy atom. The first-order chi connectivity index (χ1) is 12.1. The second kappa shape index (κ2) is 7.00. The minimum absolute atomic E-state index is 0.100. The van der Waals surface area contributed by atoms with Crippen LogP contribution in [0.15, 0.2) is 55.0 Å². The van der Waals surface area contributed by atoms with E-state index in [0.717, 1.165) is 5.56 Å². The molecule has 0 aliphatic carbocycles. The molecule has 0 bridgehead atoms. The summed E-state index contributed by atoms with van der Waals surface area (Å²) in [5, 5.41) is 14.4. The van der Waals surface area contributed by atoms with Crippen molar-refractivity contribution in [1.29, 1.82) is 0 Å². The van der Waals surface area contributed by atoms with Crippen LogP contribution in [0.3, 0.4) is 0 Å². The Kier molecular flexibility index (Phi) is 4.60. The van der Waals surface area contributed by atoms with Crippen LogP contribution in [-0.2, 0) is 7.05 Å². The van der Waals surface area contributed by atoms with Crippen molar-refractivity contribution in [3.8, 4) is 5.75 Å². The molecule has 0 saturated carbocycles. The third-order valence-corrected chi connectivity index (χ3v) is 3.83. The molecule has 0 aliphatic heterocycles. The highest BCUT2D eigenvalue weighted by Gasteiger charge is 2.25. The van der Waals surface area contributed by atoms with Gasteiger partial charge in [-0.3, -0.25) is 10.1 Å². The SMILES string of the molecule is COc1ccccc1C(Nc1ncccc1[N+](=O)[O-])c1nccn1C. The lowest BCUT2D eigenvalue weighted by Crippen LogP contribution is -2.19. The van der Waals surface area contributed by atoms with Crippen LogP contribution < -0.4 is 10.1 Å². The van der Waals surface area contributed by atoms with Crippen molar-refractivity contribution in [3.63, 3.8) is 0 Å². The van der Waals surface area contributed by atoms with Crippen LogP contribution in [0.25, 0.3) is 0 Å². The number of imidazole rings is 1. The van der Waals surface area contributed by atoms with Gasteiger partial charge < -0.3 is 14.6 Å². The van der Waals surface area contributed by atoms with Crippen molar-refractivity contribution in [2.75, 3.05) is 12.4 Å². The summed E-state index contributed by atoms with van der Waals surface area (Å²) in [6.45, 7) is 0. The van der Waals surface area contributed by atoms with Gasteiger partial charge in [0.05, 0.1) is 12.0 Å². The average Bonchev–Trinajstić information content (AvgIpc) is 3.05. The van der Waals surface area contributed by atoms with Crippen molar-refractivity contribution in [1.82, 2.24) is 14.5 Å². The topological polar surface area (TPSA) is 95.1 Å². The minimum atomic E-state index is -0.468. The Bertz CT molecular complexity index is 893. The van der Waals surface area contributed by atoms with Crippen LogP contribution in [0.4, 0.5) is 11.5 Å². The molecule has 2 aromatic heterocycles. The molecular formula is C17H17N5O3. The number of aromatic nitrogens is 3. The van der Waals surface area contributed by atoms with Gasteiger partial charge in [-0.1, -0.05) is 18.2 Å². The lowest BCUT2D eigenvalue weighted by atomic mass is 10.0. The zero-order valence-corrected chi connectivity index (χ0v) is 13.8. The van der Waals surface area contributed by atoms with Crippen molar-refractivity contribution in [3.05, 3.63) is 76.5 Å². The maximum atomic E-state index is 11.3. The fraction of sp³-hybridized carbons (Fsp3) is 0.176. The van der Waals surface area contributed by atoms with E-state index in [1.165, 1.54) is 18.3 Å². The van der Waals surface area contributed by atoms with Gasteiger partial charge in [0.2, 0.25) is 5.82 Å². The molecule has 8 heteroatoms.